The number of H-pyrrole nitrogens is 1. The number of hydrogen-bond acceptors (Lipinski definition) is 2. The smallest absolute Gasteiger partial charge is 0.269 e. The van der Waals surface area contributed by atoms with Crippen LogP contribution in [-0.2, 0) is 6.54 Å². The highest BCUT2D eigenvalue weighted by Gasteiger charge is 2.14. The molecule has 0 bridgehead atoms. The summed E-state index contributed by atoms with van der Waals surface area (Å²) in [5.41, 5.74) is 2.21. The van der Waals surface area contributed by atoms with Gasteiger partial charge in [-0.05, 0) is 60.4 Å². The number of aromatic nitrogens is 3. The molecule has 4 rings (SSSR count). The number of imidazole rings is 1. The summed E-state index contributed by atoms with van der Waals surface area (Å²) in [7, 11) is 0. The van der Waals surface area contributed by atoms with Gasteiger partial charge in [-0.25, -0.2) is 4.39 Å². The Morgan fingerprint density at radius 2 is 1.89 bits per heavy atom. The number of aromatic amines is 1. The Balaban J connectivity index is 1.41. The third-order valence-corrected chi connectivity index (χ3v) is 4.94. The van der Waals surface area contributed by atoms with Crippen molar-refractivity contribution in [2.75, 3.05) is 6.54 Å². The van der Waals surface area contributed by atoms with Crippen molar-refractivity contribution in [2.45, 2.75) is 13.0 Å². The van der Waals surface area contributed by atoms with Gasteiger partial charge in [-0.2, -0.15) is 0 Å². The monoisotopic (exact) mass is 394 g/mol. The number of benzene rings is 2. The molecule has 1 amide bonds. The number of hydrogen-bond donors (Lipinski definition) is 2. The third-order valence-electron chi connectivity index (χ3n) is 4.64. The minimum atomic E-state index is -0.339. The lowest BCUT2D eigenvalue weighted by Crippen LogP contribution is -2.27. The van der Waals surface area contributed by atoms with Crippen molar-refractivity contribution >= 4 is 29.0 Å². The van der Waals surface area contributed by atoms with E-state index >= 15 is 0 Å². The minimum absolute atomic E-state index is 0.228. The number of fused-ring (bicyclic) bond motifs is 1. The first-order valence-electron chi connectivity index (χ1n) is 9.02. The summed E-state index contributed by atoms with van der Waals surface area (Å²) in [6, 6.07) is 16.2. The fourth-order valence-corrected chi connectivity index (χ4v) is 3.52. The van der Waals surface area contributed by atoms with Gasteiger partial charge in [0.2, 0.25) is 0 Å². The van der Waals surface area contributed by atoms with Crippen molar-refractivity contribution in [3.05, 3.63) is 83.3 Å². The van der Waals surface area contributed by atoms with Gasteiger partial charge in [-0.15, -0.1) is 0 Å². The molecular weight excluding hydrogens is 375 g/mol. The van der Waals surface area contributed by atoms with Crippen LogP contribution in [0.25, 0.3) is 16.6 Å². The normalized spacial score (nSPS) is 11.0. The zero-order valence-electron chi connectivity index (χ0n) is 15.1. The van der Waals surface area contributed by atoms with Crippen LogP contribution in [0, 0.1) is 10.6 Å². The number of nitrogens with one attached hydrogen (secondary N) is 2. The van der Waals surface area contributed by atoms with Gasteiger partial charge in [0, 0.05) is 36.7 Å². The van der Waals surface area contributed by atoms with Gasteiger partial charge < -0.3 is 14.9 Å². The highest BCUT2D eigenvalue weighted by atomic mass is 32.1. The molecule has 0 aliphatic heterocycles. The van der Waals surface area contributed by atoms with E-state index < -0.39 is 0 Å². The first-order valence-corrected chi connectivity index (χ1v) is 9.43. The zero-order valence-corrected chi connectivity index (χ0v) is 15.9. The molecule has 0 fully saturated rings. The van der Waals surface area contributed by atoms with E-state index in [-0.39, 0.29) is 11.7 Å². The molecule has 5 nitrogen and oxygen atoms in total. The molecule has 0 saturated heterocycles. The maximum Gasteiger partial charge on any atom is 0.269 e. The van der Waals surface area contributed by atoms with Gasteiger partial charge >= 0.3 is 0 Å². The summed E-state index contributed by atoms with van der Waals surface area (Å²) >= 11 is 5.27. The highest BCUT2D eigenvalue weighted by molar-refractivity contribution is 7.71. The van der Waals surface area contributed by atoms with Crippen molar-refractivity contribution in [1.82, 2.24) is 19.4 Å². The average molecular weight is 394 g/mol. The fraction of sp³-hybridized carbons (Fsp3) is 0.143. The number of carbonyl (C=O) groups excluding carboxylic acids is 1. The van der Waals surface area contributed by atoms with Crippen LogP contribution >= 0.6 is 12.2 Å². The van der Waals surface area contributed by atoms with E-state index in [1.807, 2.05) is 12.1 Å². The third kappa shape index (κ3) is 3.61. The molecule has 2 N–H and O–H groups in total. The number of carbonyl (C=O) groups is 1. The average Bonchev–Trinajstić information content (AvgIpc) is 3.29. The molecular formula is C21H19FN4OS. The summed E-state index contributed by atoms with van der Waals surface area (Å²) < 4.78 is 17.3. The number of rotatable bonds is 6. The molecule has 0 atom stereocenters. The Hall–Kier alpha value is -3.19. The largest absolute Gasteiger partial charge is 0.351 e. The minimum Gasteiger partial charge on any atom is -0.351 e. The molecule has 4 aromatic rings. The molecule has 142 valence electrons. The summed E-state index contributed by atoms with van der Waals surface area (Å²) in [5, 5.41) is 4.14. The highest BCUT2D eigenvalue weighted by Crippen LogP contribution is 2.16. The summed E-state index contributed by atoms with van der Waals surface area (Å²) in [5.74, 6) is -0.566. The number of aryl methyl sites for hydroxylation is 1. The van der Waals surface area contributed by atoms with Crippen LogP contribution in [0.4, 0.5) is 4.39 Å². The molecule has 2 aromatic heterocycles. The van der Waals surface area contributed by atoms with Crippen LogP contribution in [0.15, 0.2) is 67.0 Å². The number of amides is 1. The van der Waals surface area contributed by atoms with Crippen LogP contribution < -0.4 is 5.32 Å². The lowest BCUT2D eigenvalue weighted by atomic mass is 10.2. The Bertz CT molecular complexity index is 1170. The van der Waals surface area contributed by atoms with E-state index in [4.69, 9.17) is 12.2 Å². The van der Waals surface area contributed by atoms with Crippen molar-refractivity contribution < 1.29 is 9.18 Å². The van der Waals surface area contributed by atoms with Crippen LogP contribution in [0.5, 0.6) is 0 Å². The van der Waals surface area contributed by atoms with Crippen molar-refractivity contribution in [1.29, 1.82) is 0 Å². The SMILES string of the molecule is O=C(NCCCn1ccc2ccccc21)c1c[nH]c(=S)n1-c1ccc(F)cc1. The van der Waals surface area contributed by atoms with Gasteiger partial charge in [-0.3, -0.25) is 9.36 Å². The van der Waals surface area contributed by atoms with E-state index in [1.165, 1.54) is 23.0 Å². The first kappa shape index (κ1) is 18.2. The Morgan fingerprint density at radius 3 is 2.71 bits per heavy atom. The van der Waals surface area contributed by atoms with Gasteiger partial charge in [-0.1, -0.05) is 18.2 Å². The van der Waals surface area contributed by atoms with Gasteiger partial charge in [0.25, 0.3) is 5.91 Å². The molecule has 0 radical (unpaired) electrons. The van der Waals surface area contributed by atoms with Crippen LogP contribution in [0.2, 0.25) is 0 Å². The molecule has 0 unspecified atom stereocenters. The standard InChI is InChI=1S/C21H19FN4OS/c22-16-6-8-17(9-7-16)26-19(14-24-21(26)28)20(27)23-11-3-12-25-13-10-15-4-1-2-5-18(15)25/h1-2,4-10,13-14H,3,11-12H2,(H,23,27)(H,24,28). The summed E-state index contributed by atoms with van der Waals surface area (Å²) in [4.78, 5) is 15.5. The van der Waals surface area contributed by atoms with Crippen molar-refractivity contribution in [2.24, 2.45) is 0 Å². The number of halogens is 1. The van der Waals surface area contributed by atoms with E-state index in [2.05, 4.69) is 39.3 Å². The molecule has 0 aliphatic rings. The lowest BCUT2D eigenvalue weighted by Gasteiger charge is -2.10. The van der Waals surface area contributed by atoms with Crippen molar-refractivity contribution in [3.8, 4) is 5.69 Å². The topological polar surface area (TPSA) is 54.8 Å². The van der Waals surface area contributed by atoms with E-state index in [1.54, 1.807) is 22.9 Å². The van der Waals surface area contributed by atoms with Gasteiger partial charge in [0.05, 0.1) is 0 Å². The van der Waals surface area contributed by atoms with Gasteiger partial charge in [0.15, 0.2) is 4.77 Å². The predicted molar refractivity (Wildman–Crippen MR) is 110 cm³/mol. The summed E-state index contributed by atoms with van der Waals surface area (Å²) in [6.45, 7) is 1.35. The number of nitrogens with zero attached hydrogens (tertiary/aromatic N) is 2. The molecule has 0 spiro atoms. The van der Waals surface area contributed by atoms with E-state index in [0.717, 1.165) is 13.0 Å². The number of para-hydroxylation sites is 1. The lowest BCUT2D eigenvalue weighted by molar-refractivity contribution is 0.0946. The first-order chi connectivity index (χ1) is 13.6. The molecule has 2 aromatic carbocycles. The van der Waals surface area contributed by atoms with Crippen LogP contribution in [0.1, 0.15) is 16.9 Å². The quantitative estimate of drug-likeness (QED) is 0.375. The second-order valence-electron chi connectivity index (χ2n) is 6.47. The zero-order chi connectivity index (χ0) is 19.5. The Morgan fingerprint density at radius 1 is 1.11 bits per heavy atom. The van der Waals surface area contributed by atoms with Crippen LogP contribution in [0.3, 0.4) is 0 Å². The van der Waals surface area contributed by atoms with Crippen LogP contribution in [-0.4, -0.2) is 26.6 Å². The Labute approximate surface area is 166 Å². The van der Waals surface area contributed by atoms with Gasteiger partial charge in [0.1, 0.15) is 11.5 Å². The molecule has 7 heteroatoms. The Kier molecular flexibility index (Phi) is 5.08. The van der Waals surface area contributed by atoms with Crippen molar-refractivity contribution in [3.63, 3.8) is 0 Å². The molecule has 2 heterocycles. The maximum absolute atomic E-state index is 13.2. The summed E-state index contributed by atoms with van der Waals surface area (Å²) in [6.07, 6.45) is 4.43. The van der Waals surface area contributed by atoms with E-state index in [9.17, 15) is 9.18 Å². The molecule has 0 aliphatic carbocycles. The fourth-order valence-electron chi connectivity index (χ4n) is 3.26. The second-order valence-corrected chi connectivity index (χ2v) is 6.85. The van der Waals surface area contributed by atoms with E-state index in [0.29, 0.717) is 22.7 Å². The molecule has 0 saturated carbocycles. The second kappa shape index (κ2) is 7.82. The maximum atomic E-state index is 13.2. The predicted octanol–water partition coefficient (Wildman–Crippen LogP) is 4.45. The molecule has 28 heavy (non-hydrogen) atoms.